The van der Waals surface area contributed by atoms with Gasteiger partial charge in [-0.2, -0.15) is 0 Å². The Kier molecular flexibility index (Phi) is 7.30. The number of nitrogens with zero attached hydrogens (tertiary/aromatic N) is 1. The van der Waals surface area contributed by atoms with Crippen LogP contribution in [0.3, 0.4) is 0 Å². The van der Waals surface area contributed by atoms with E-state index in [2.05, 4.69) is 53.4 Å². The molecule has 98 valence electrons. The first-order valence-electron chi connectivity index (χ1n) is 7.00. The van der Waals surface area contributed by atoms with E-state index in [1.54, 1.807) is 0 Å². The molecule has 0 radical (unpaired) electrons. The molecule has 0 unspecified atom stereocenters. The average Bonchev–Trinajstić information content (AvgIpc) is 2.07. The van der Waals surface area contributed by atoms with Crippen LogP contribution in [-0.4, -0.2) is 23.5 Å². The van der Waals surface area contributed by atoms with E-state index in [0.717, 1.165) is 0 Å². The minimum absolute atomic E-state index is 0.510. The highest BCUT2D eigenvalue weighted by Crippen LogP contribution is 2.22. The normalized spacial score (nSPS) is 13.1. The van der Waals surface area contributed by atoms with Gasteiger partial charge in [0.1, 0.15) is 0 Å². The molecule has 0 N–H and O–H groups in total. The van der Waals surface area contributed by atoms with E-state index < -0.39 is 0 Å². The van der Waals surface area contributed by atoms with Crippen molar-refractivity contribution in [2.24, 2.45) is 5.41 Å². The monoisotopic (exact) mass is 227 g/mol. The Morgan fingerprint density at radius 1 is 0.812 bits per heavy atom. The Morgan fingerprint density at radius 2 is 1.31 bits per heavy atom. The summed E-state index contributed by atoms with van der Waals surface area (Å²) in [5.74, 6) is 0. The van der Waals surface area contributed by atoms with Gasteiger partial charge in [0.2, 0.25) is 0 Å². The second-order valence-electron chi connectivity index (χ2n) is 6.80. The molecule has 1 heteroatoms. The first-order valence-corrected chi connectivity index (χ1v) is 7.00. The lowest BCUT2D eigenvalue weighted by atomic mass is 9.89. The first kappa shape index (κ1) is 16.0. The van der Waals surface area contributed by atoms with Crippen LogP contribution < -0.4 is 0 Å². The van der Waals surface area contributed by atoms with E-state index in [0.29, 0.717) is 17.5 Å². The second-order valence-corrected chi connectivity index (χ2v) is 6.80. The van der Waals surface area contributed by atoms with Gasteiger partial charge in [0.05, 0.1) is 0 Å². The summed E-state index contributed by atoms with van der Waals surface area (Å²) in [5, 5.41) is 0. The predicted octanol–water partition coefficient (Wildman–Crippen LogP) is 4.71. The summed E-state index contributed by atoms with van der Waals surface area (Å²) in [6.45, 7) is 17.5. The van der Waals surface area contributed by atoms with Gasteiger partial charge in [-0.15, -0.1) is 0 Å². The van der Waals surface area contributed by atoms with Crippen LogP contribution in [0.4, 0.5) is 0 Å². The minimum Gasteiger partial charge on any atom is -0.299 e. The van der Waals surface area contributed by atoms with Crippen LogP contribution in [0.25, 0.3) is 0 Å². The molecule has 0 amide bonds. The van der Waals surface area contributed by atoms with Crippen molar-refractivity contribution in [2.75, 3.05) is 6.54 Å². The summed E-state index contributed by atoms with van der Waals surface area (Å²) >= 11 is 0. The molecule has 0 fully saturated rings. The van der Waals surface area contributed by atoms with Crippen LogP contribution in [0, 0.1) is 5.41 Å². The predicted molar refractivity (Wildman–Crippen MR) is 74.9 cm³/mol. The zero-order valence-electron chi connectivity index (χ0n) is 12.6. The Morgan fingerprint density at radius 3 is 1.69 bits per heavy atom. The molecule has 0 aliphatic carbocycles. The Labute approximate surface area is 104 Å². The maximum absolute atomic E-state index is 2.59. The summed E-state index contributed by atoms with van der Waals surface area (Å²) < 4.78 is 0. The van der Waals surface area contributed by atoms with Gasteiger partial charge in [0.15, 0.2) is 0 Å². The molecular formula is C15H33N. The molecular weight excluding hydrogens is 194 g/mol. The average molecular weight is 227 g/mol. The van der Waals surface area contributed by atoms with Crippen molar-refractivity contribution in [3.05, 3.63) is 0 Å². The van der Waals surface area contributed by atoms with Crippen LogP contribution in [-0.2, 0) is 0 Å². The summed E-state index contributed by atoms with van der Waals surface area (Å²) in [6.07, 6.45) is 5.48. The topological polar surface area (TPSA) is 3.24 Å². The van der Waals surface area contributed by atoms with Gasteiger partial charge in [-0.25, -0.2) is 0 Å². The number of hydrogen-bond donors (Lipinski definition) is 0. The van der Waals surface area contributed by atoms with Gasteiger partial charge < -0.3 is 0 Å². The van der Waals surface area contributed by atoms with Crippen molar-refractivity contribution < 1.29 is 0 Å². The molecule has 1 nitrogen and oxygen atoms in total. The zero-order valence-corrected chi connectivity index (χ0v) is 12.6. The molecule has 0 saturated carbocycles. The molecule has 0 saturated heterocycles. The summed E-state index contributed by atoms with van der Waals surface area (Å²) in [5.41, 5.74) is 0.510. The number of hydrogen-bond acceptors (Lipinski definition) is 1. The highest BCUT2D eigenvalue weighted by atomic mass is 15.2. The van der Waals surface area contributed by atoms with Gasteiger partial charge in [-0.3, -0.25) is 4.90 Å². The highest BCUT2D eigenvalue weighted by Gasteiger charge is 2.13. The second kappa shape index (κ2) is 7.32. The fraction of sp³-hybridized carbons (Fsp3) is 1.00. The molecule has 0 aromatic rings. The van der Waals surface area contributed by atoms with Crippen LogP contribution >= 0.6 is 0 Å². The lowest BCUT2D eigenvalue weighted by Gasteiger charge is -2.30. The SMILES string of the molecule is CC(C)N(CCCCCC(C)(C)C)C(C)C. The Hall–Kier alpha value is -0.0400. The quantitative estimate of drug-likeness (QED) is 0.569. The zero-order chi connectivity index (χ0) is 12.8. The van der Waals surface area contributed by atoms with E-state index in [1.807, 2.05) is 0 Å². The minimum atomic E-state index is 0.510. The first-order chi connectivity index (χ1) is 7.24. The van der Waals surface area contributed by atoms with Crippen molar-refractivity contribution in [1.29, 1.82) is 0 Å². The van der Waals surface area contributed by atoms with Crippen molar-refractivity contribution >= 4 is 0 Å². The van der Waals surface area contributed by atoms with Gasteiger partial charge in [0.25, 0.3) is 0 Å². The third-order valence-electron chi connectivity index (χ3n) is 3.17. The van der Waals surface area contributed by atoms with Crippen LogP contribution in [0.1, 0.15) is 74.1 Å². The maximum Gasteiger partial charge on any atom is 0.00412 e. The van der Waals surface area contributed by atoms with Crippen molar-refractivity contribution in [1.82, 2.24) is 4.90 Å². The van der Waals surface area contributed by atoms with Gasteiger partial charge in [0, 0.05) is 12.1 Å². The summed E-state index contributed by atoms with van der Waals surface area (Å²) in [7, 11) is 0. The third kappa shape index (κ3) is 8.15. The third-order valence-corrected chi connectivity index (χ3v) is 3.17. The molecule has 0 rings (SSSR count). The van der Waals surface area contributed by atoms with E-state index >= 15 is 0 Å². The Bertz CT molecular complexity index is 157. The molecule has 0 aromatic heterocycles. The maximum atomic E-state index is 2.59. The van der Waals surface area contributed by atoms with Crippen LogP contribution in [0.2, 0.25) is 0 Å². The van der Waals surface area contributed by atoms with Crippen LogP contribution in [0.15, 0.2) is 0 Å². The van der Waals surface area contributed by atoms with E-state index in [1.165, 1.54) is 32.2 Å². The Balaban J connectivity index is 3.64. The van der Waals surface area contributed by atoms with Crippen molar-refractivity contribution in [3.8, 4) is 0 Å². The lowest BCUT2D eigenvalue weighted by Crippen LogP contribution is -2.37. The fourth-order valence-corrected chi connectivity index (χ4v) is 2.24. The van der Waals surface area contributed by atoms with Gasteiger partial charge in [-0.05, 0) is 52.5 Å². The van der Waals surface area contributed by atoms with Gasteiger partial charge >= 0.3 is 0 Å². The lowest BCUT2D eigenvalue weighted by molar-refractivity contribution is 0.170. The van der Waals surface area contributed by atoms with Crippen LogP contribution in [0.5, 0.6) is 0 Å². The molecule has 16 heavy (non-hydrogen) atoms. The molecule has 0 bridgehead atoms. The molecule has 0 aromatic carbocycles. The molecule has 0 aliphatic rings. The van der Waals surface area contributed by atoms with Crippen molar-refractivity contribution in [2.45, 2.75) is 86.2 Å². The molecule has 0 heterocycles. The molecule has 0 aliphatic heterocycles. The fourth-order valence-electron chi connectivity index (χ4n) is 2.24. The number of rotatable bonds is 7. The van der Waals surface area contributed by atoms with E-state index in [4.69, 9.17) is 0 Å². The largest absolute Gasteiger partial charge is 0.299 e. The number of unbranched alkanes of at least 4 members (excludes halogenated alkanes) is 2. The van der Waals surface area contributed by atoms with Gasteiger partial charge in [-0.1, -0.05) is 33.6 Å². The summed E-state index contributed by atoms with van der Waals surface area (Å²) in [4.78, 5) is 2.59. The highest BCUT2D eigenvalue weighted by molar-refractivity contribution is 4.67. The van der Waals surface area contributed by atoms with E-state index in [-0.39, 0.29) is 0 Å². The smallest absolute Gasteiger partial charge is 0.00412 e. The van der Waals surface area contributed by atoms with E-state index in [9.17, 15) is 0 Å². The van der Waals surface area contributed by atoms with Crippen molar-refractivity contribution in [3.63, 3.8) is 0 Å². The standard InChI is InChI=1S/C15H33N/c1-13(2)16(14(3)4)12-10-8-9-11-15(5,6)7/h13-14H,8-12H2,1-7H3. The summed E-state index contributed by atoms with van der Waals surface area (Å²) in [6, 6.07) is 1.37. The molecule has 0 atom stereocenters. The molecule has 0 spiro atoms.